The molecule has 0 aliphatic carbocycles. The second kappa shape index (κ2) is 7.74. The number of carbonyl (C=O) groups excluding carboxylic acids is 1. The van der Waals surface area contributed by atoms with Gasteiger partial charge in [0.1, 0.15) is 0 Å². The molecular formula is C14H20FNO3. The molecule has 0 aliphatic rings. The van der Waals surface area contributed by atoms with Crippen LogP contribution in [-0.4, -0.2) is 41.7 Å². The largest absolute Gasteiger partial charge is 0.490 e. The van der Waals surface area contributed by atoms with Gasteiger partial charge in [-0.2, -0.15) is 0 Å². The van der Waals surface area contributed by atoms with E-state index in [1.54, 1.807) is 17.0 Å². The number of ether oxygens (including phenoxy) is 1. The van der Waals surface area contributed by atoms with Crippen LogP contribution >= 0.6 is 0 Å². The van der Waals surface area contributed by atoms with Gasteiger partial charge in [-0.05, 0) is 26.0 Å². The Balaban J connectivity index is 2.44. The number of aliphatic hydroxyl groups is 1. The van der Waals surface area contributed by atoms with E-state index in [1.807, 2.05) is 13.8 Å². The van der Waals surface area contributed by atoms with Crippen LogP contribution in [0, 0.1) is 5.82 Å². The van der Waals surface area contributed by atoms with E-state index >= 15 is 0 Å². The minimum absolute atomic E-state index is 0.0214. The number of para-hydroxylation sites is 1. The Kier molecular flexibility index (Phi) is 6.29. The zero-order valence-electron chi connectivity index (χ0n) is 11.3. The van der Waals surface area contributed by atoms with Crippen molar-refractivity contribution in [2.24, 2.45) is 0 Å². The van der Waals surface area contributed by atoms with Crippen molar-refractivity contribution in [3.05, 3.63) is 30.1 Å². The number of benzene rings is 1. The number of halogens is 1. The van der Waals surface area contributed by atoms with Crippen LogP contribution in [0.5, 0.6) is 5.75 Å². The minimum atomic E-state index is -0.439. The van der Waals surface area contributed by atoms with E-state index in [-0.39, 0.29) is 37.3 Å². The molecule has 1 N–H and O–H groups in total. The second-order valence-electron chi connectivity index (χ2n) is 4.43. The molecule has 1 amide bonds. The van der Waals surface area contributed by atoms with Crippen molar-refractivity contribution in [2.75, 3.05) is 19.8 Å². The Morgan fingerprint density at radius 3 is 2.68 bits per heavy atom. The predicted molar refractivity (Wildman–Crippen MR) is 70.4 cm³/mol. The summed E-state index contributed by atoms with van der Waals surface area (Å²) in [5.74, 6) is -0.403. The molecule has 0 fully saturated rings. The Labute approximate surface area is 112 Å². The SMILES string of the molecule is CC(C)N(CCO)C(=O)CCOc1ccccc1F. The maximum Gasteiger partial charge on any atom is 0.226 e. The second-order valence-corrected chi connectivity index (χ2v) is 4.43. The van der Waals surface area contributed by atoms with E-state index < -0.39 is 5.82 Å². The third-order valence-electron chi connectivity index (χ3n) is 2.69. The summed E-state index contributed by atoms with van der Waals surface area (Å²) in [6.45, 7) is 4.11. The number of nitrogens with zero attached hydrogens (tertiary/aromatic N) is 1. The summed E-state index contributed by atoms with van der Waals surface area (Å²) in [6.07, 6.45) is 0.159. The lowest BCUT2D eigenvalue weighted by Crippen LogP contribution is -2.39. The summed E-state index contributed by atoms with van der Waals surface area (Å²) >= 11 is 0. The number of aliphatic hydroxyl groups excluding tert-OH is 1. The van der Waals surface area contributed by atoms with Gasteiger partial charge in [0.2, 0.25) is 5.91 Å². The van der Waals surface area contributed by atoms with Crippen molar-refractivity contribution in [1.82, 2.24) is 4.90 Å². The van der Waals surface area contributed by atoms with Crippen molar-refractivity contribution < 1.29 is 19.0 Å². The van der Waals surface area contributed by atoms with Gasteiger partial charge in [0.15, 0.2) is 11.6 Å². The average molecular weight is 269 g/mol. The Hall–Kier alpha value is -1.62. The lowest BCUT2D eigenvalue weighted by molar-refractivity contribution is -0.134. The average Bonchev–Trinajstić information content (AvgIpc) is 2.37. The zero-order chi connectivity index (χ0) is 14.3. The Morgan fingerprint density at radius 2 is 2.11 bits per heavy atom. The molecule has 0 radical (unpaired) electrons. The van der Waals surface area contributed by atoms with Crippen molar-refractivity contribution in [3.8, 4) is 5.75 Å². The maximum absolute atomic E-state index is 13.3. The standard InChI is InChI=1S/C14H20FNO3/c1-11(2)16(8-9-17)14(18)7-10-19-13-6-4-3-5-12(13)15/h3-6,11,17H,7-10H2,1-2H3. The number of amides is 1. The molecule has 0 spiro atoms. The van der Waals surface area contributed by atoms with Crippen molar-refractivity contribution >= 4 is 5.91 Å². The smallest absolute Gasteiger partial charge is 0.226 e. The molecule has 0 saturated carbocycles. The van der Waals surface area contributed by atoms with Gasteiger partial charge in [-0.1, -0.05) is 12.1 Å². The van der Waals surface area contributed by atoms with E-state index in [2.05, 4.69) is 0 Å². The van der Waals surface area contributed by atoms with Gasteiger partial charge in [-0.25, -0.2) is 4.39 Å². The van der Waals surface area contributed by atoms with Crippen molar-refractivity contribution in [1.29, 1.82) is 0 Å². The molecule has 19 heavy (non-hydrogen) atoms. The fourth-order valence-corrected chi connectivity index (χ4v) is 1.73. The van der Waals surface area contributed by atoms with Gasteiger partial charge in [0.05, 0.1) is 19.6 Å². The number of hydrogen-bond acceptors (Lipinski definition) is 3. The van der Waals surface area contributed by atoms with E-state index in [0.717, 1.165) is 0 Å². The van der Waals surface area contributed by atoms with Crippen molar-refractivity contribution in [2.45, 2.75) is 26.3 Å². The summed E-state index contributed by atoms with van der Waals surface area (Å²) in [4.78, 5) is 13.5. The highest BCUT2D eigenvalue weighted by atomic mass is 19.1. The molecule has 1 aromatic rings. The fraction of sp³-hybridized carbons (Fsp3) is 0.500. The van der Waals surface area contributed by atoms with Crippen LogP contribution in [0.3, 0.4) is 0 Å². The molecule has 0 aliphatic heterocycles. The molecule has 0 unspecified atom stereocenters. The first kappa shape index (κ1) is 15.4. The van der Waals surface area contributed by atoms with Crippen LogP contribution < -0.4 is 4.74 Å². The highest BCUT2D eigenvalue weighted by Crippen LogP contribution is 2.15. The first-order chi connectivity index (χ1) is 9.06. The summed E-state index contributed by atoms with van der Waals surface area (Å²) in [5.41, 5.74) is 0. The quantitative estimate of drug-likeness (QED) is 0.821. The highest BCUT2D eigenvalue weighted by molar-refractivity contribution is 5.76. The topological polar surface area (TPSA) is 49.8 Å². The molecular weight excluding hydrogens is 249 g/mol. The van der Waals surface area contributed by atoms with Gasteiger partial charge in [0.25, 0.3) is 0 Å². The van der Waals surface area contributed by atoms with Gasteiger partial charge in [-0.15, -0.1) is 0 Å². The molecule has 0 aromatic heterocycles. The molecule has 0 saturated heterocycles. The first-order valence-electron chi connectivity index (χ1n) is 6.34. The summed E-state index contributed by atoms with van der Waals surface area (Å²) in [7, 11) is 0. The number of hydrogen-bond donors (Lipinski definition) is 1. The lowest BCUT2D eigenvalue weighted by atomic mass is 10.2. The number of carbonyl (C=O) groups is 1. The van der Waals surface area contributed by atoms with Crippen LogP contribution in [0.4, 0.5) is 4.39 Å². The van der Waals surface area contributed by atoms with E-state index in [4.69, 9.17) is 9.84 Å². The van der Waals surface area contributed by atoms with E-state index in [1.165, 1.54) is 12.1 Å². The highest BCUT2D eigenvalue weighted by Gasteiger charge is 2.16. The summed E-state index contributed by atoms with van der Waals surface area (Å²) < 4.78 is 18.5. The van der Waals surface area contributed by atoms with E-state index in [9.17, 15) is 9.18 Å². The predicted octanol–water partition coefficient (Wildman–Crippen LogP) is 1.82. The molecule has 5 heteroatoms. The van der Waals surface area contributed by atoms with Crippen LogP contribution in [0.25, 0.3) is 0 Å². The van der Waals surface area contributed by atoms with Crippen LogP contribution in [0.2, 0.25) is 0 Å². The monoisotopic (exact) mass is 269 g/mol. The molecule has 106 valence electrons. The molecule has 0 heterocycles. The van der Waals surface area contributed by atoms with Gasteiger partial charge in [0, 0.05) is 12.6 Å². The lowest BCUT2D eigenvalue weighted by Gasteiger charge is -2.25. The third kappa shape index (κ3) is 4.87. The minimum Gasteiger partial charge on any atom is -0.490 e. The third-order valence-corrected chi connectivity index (χ3v) is 2.69. The first-order valence-corrected chi connectivity index (χ1v) is 6.34. The molecule has 1 aromatic carbocycles. The maximum atomic E-state index is 13.3. The van der Waals surface area contributed by atoms with Gasteiger partial charge >= 0.3 is 0 Å². The van der Waals surface area contributed by atoms with Gasteiger partial charge < -0.3 is 14.7 Å². The zero-order valence-corrected chi connectivity index (χ0v) is 11.3. The van der Waals surface area contributed by atoms with E-state index in [0.29, 0.717) is 6.54 Å². The molecule has 4 nitrogen and oxygen atoms in total. The molecule has 0 atom stereocenters. The summed E-state index contributed by atoms with van der Waals surface area (Å²) in [5, 5.41) is 8.90. The Bertz CT molecular complexity index is 409. The van der Waals surface area contributed by atoms with Crippen LogP contribution in [-0.2, 0) is 4.79 Å². The van der Waals surface area contributed by atoms with Crippen molar-refractivity contribution in [3.63, 3.8) is 0 Å². The van der Waals surface area contributed by atoms with Crippen LogP contribution in [0.15, 0.2) is 24.3 Å². The van der Waals surface area contributed by atoms with Gasteiger partial charge in [-0.3, -0.25) is 4.79 Å². The summed E-state index contributed by atoms with van der Waals surface area (Å²) in [6, 6.07) is 6.10. The molecule has 1 rings (SSSR count). The van der Waals surface area contributed by atoms with Crippen LogP contribution in [0.1, 0.15) is 20.3 Å². The Morgan fingerprint density at radius 1 is 1.42 bits per heavy atom. The molecule has 0 bridgehead atoms. The normalized spacial score (nSPS) is 10.6. The fourth-order valence-electron chi connectivity index (χ4n) is 1.73. The number of rotatable bonds is 7.